The molecule has 144 valence electrons. The minimum atomic E-state index is -0.191. The van der Waals surface area contributed by atoms with Crippen LogP contribution in [0.4, 0.5) is 5.95 Å². The van der Waals surface area contributed by atoms with Crippen LogP contribution < -0.4 is 15.4 Å². The summed E-state index contributed by atoms with van der Waals surface area (Å²) in [5.41, 5.74) is 8.77. The number of carbonyl (C=O) groups is 1. The quantitative estimate of drug-likeness (QED) is 0.866. The number of ether oxygens (including phenoxy) is 2. The smallest absolute Gasteiger partial charge is 0.221 e. The number of amides is 1. The van der Waals surface area contributed by atoms with Gasteiger partial charge in [0.2, 0.25) is 11.9 Å². The Hall–Kier alpha value is -2.28. The predicted molar refractivity (Wildman–Crippen MR) is 102 cm³/mol. The maximum absolute atomic E-state index is 11.9. The number of benzene rings is 1. The molecular weight excluding hydrogens is 344 g/mol. The zero-order valence-corrected chi connectivity index (χ0v) is 15.5. The predicted octanol–water partition coefficient (Wildman–Crippen LogP) is 1.71. The molecule has 1 saturated heterocycles. The summed E-state index contributed by atoms with van der Waals surface area (Å²) in [6.45, 7) is 4.79. The van der Waals surface area contributed by atoms with Crippen LogP contribution in [0.3, 0.4) is 0 Å². The molecule has 3 aliphatic rings. The molecule has 0 bridgehead atoms. The highest BCUT2D eigenvalue weighted by atomic mass is 16.5. The van der Waals surface area contributed by atoms with Gasteiger partial charge in [-0.3, -0.25) is 4.79 Å². The van der Waals surface area contributed by atoms with Gasteiger partial charge in [-0.05, 0) is 49.3 Å². The Labute approximate surface area is 158 Å². The second kappa shape index (κ2) is 6.71. The SMILES string of the molecule is NC(=O)[C@@H](Cc1cc2c3c(c1)nc(N1CCOCC1)n3CCCO2)C1CC1. The molecule has 1 amide bonds. The lowest BCUT2D eigenvalue weighted by atomic mass is 9.94. The summed E-state index contributed by atoms with van der Waals surface area (Å²) >= 11 is 0. The topological polar surface area (TPSA) is 82.6 Å². The molecule has 7 nitrogen and oxygen atoms in total. The van der Waals surface area contributed by atoms with Crippen molar-refractivity contribution in [3.8, 4) is 5.75 Å². The van der Waals surface area contributed by atoms with Gasteiger partial charge in [-0.2, -0.15) is 0 Å². The first-order valence-corrected chi connectivity index (χ1v) is 9.98. The van der Waals surface area contributed by atoms with Crippen molar-refractivity contribution >= 4 is 22.9 Å². The number of hydrogen-bond acceptors (Lipinski definition) is 5. The molecular formula is C20H26N4O3. The van der Waals surface area contributed by atoms with Crippen LogP contribution in [0.1, 0.15) is 24.8 Å². The van der Waals surface area contributed by atoms with Gasteiger partial charge in [0.15, 0.2) is 0 Å². The number of carbonyl (C=O) groups excluding carboxylic acids is 1. The summed E-state index contributed by atoms with van der Waals surface area (Å²) in [5.74, 6) is 2.06. The van der Waals surface area contributed by atoms with Crippen molar-refractivity contribution in [2.45, 2.75) is 32.2 Å². The number of anilines is 1. The van der Waals surface area contributed by atoms with Crippen molar-refractivity contribution in [1.29, 1.82) is 0 Å². The van der Waals surface area contributed by atoms with Crippen molar-refractivity contribution in [2.24, 2.45) is 17.6 Å². The highest BCUT2D eigenvalue weighted by Crippen LogP contribution is 2.40. The molecule has 2 N–H and O–H groups in total. The first-order valence-electron chi connectivity index (χ1n) is 9.98. The van der Waals surface area contributed by atoms with Gasteiger partial charge in [-0.1, -0.05) is 0 Å². The van der Waals surface area contributed by atoms with E-state index in [1.165, 1.54) is 0 Å². The van der Waals surface area contributed by atoms with Crippen LogP contribution in [0.15, 0.2) is 12.1 Å². The molecule has 1 aromatic heterocycles. The molecule has 27 heavy (non-hydrogen) atoms. The molecule has 1 saturated carbocycles. The second-order valence-electron chi connectivity index (χ2n) is 7.88. The highest BCUT2D eigenvalue weighted by molar-refractivity contribution is 5.86. The van der Waals surface area contributed by atoms with E-state index >= 15 is 0 Å². The fourth-order valence-corrected chi connectivity index (χ4v) is 4.37. The van der Waals surface area contributed by atoms with E-state index in [-0.39, 0.29) is 11.8 Å². The number of nitrogens with two attached hydrogens (primary N) is 1. The summed E-state index contributed by atoms with van der Waals surface area (Å²) in [6, 6.07) is 4.21. The summed E-state index contributed by atoms with van der Waals surface area (Å²) in [4.78, 5) is 19.1. The molecule has 1 atom stereocenters. The minimum absolute atomic E-state index is 0.0822. The van der Waals surface area contributed by atoms with E-state index in [0.717, 1.165) is 80.4 Å². The number of primary amides is 1. The maximum Gasteiger partial charge on any atom is 0.221 e. The number of morpholine rings is 1. The Morgan fingerprint density at radius 2 is 2.04 bits per heavy atom. The first-order chi connectivity index (χ1) is 13.2. The van der Waals surface area contributed by atoms with Crippen molar-refractivity contribution in [1.82, 2.24) is 9.55 Å². The third-order valence-corrected chi connectivity index (χ3v) is 5.94. The largest absolute Gasteiger partial charge is 0.491 e. The second-order valence-corrected chi connectivity index (χ2v) is 7.88. The molecule has 0 radical (unpaired) electrons. The number of rotatable bonds is 5. The van der Waals surface area contributed by atoms with Gasteiger partial charge < -0.3 is 24.7 Å². The lowest BCUT2D eigenvalue weighted by Crippen LogP contribution is -2.38. The van der Waals surface area contributed by atoms with Crippen LogP contribution in [-0.4, -0.2) is 48.4 Å². The Balaban J connectivity index is 1.55. The van der Waals surface area contributed by atoms with Gasteiger partial charge in [0.25, 0.3) is 0 Å². The Morgan fingerprint density at radius 3 is 2.78 bits per heavy atom. The van der Waals surface area contributed by atoms with Crippen molar-refractivity contribution in [3.05, 3.63) is 17.7 Å². The van der Waals surface area contributed by atoms with Gasteiger partial charge in [0.05, 0.1) is 25.3 Å². The fraction of sp³-hybridized carbons (Fsp3) is 0.600. The lowest BCUT2D eigenvalue weighted by molar-refractivity contribution is -0.122. The van der Waals surface area contributed by atoms with Crippen molar-refractivity contribution in [3.63, 3.8) is 0 Å². The van der Waals surface area contributed by atoms with Gasteiger partial charge in [-0.15, -0.1) is 0 Å². The number of aromatic nitrogens is 2. The van der Waals surface area contributed by atoms with Gasteiger partial charge in [-0.25, -0.2) is 4.98 Å². The number of aryl methyl sites for hydroxylation is 1. The lowest BCUT2D eigenvalue weighted by Gasteiger charge is -2.28. The van der Waals surface area contributed by atoms with Gasteiger partial charge in [0, 0.05) is 25.6 Å². The zero-order valence-electron chi connectivity index (χ0n) is 15.5. The summed E-state index contributed by atoms with van der Waals surface area (Å²) in [7, 11) is 0. The summed E-state index contributed by atoms with van der Waals surface area (Å²) in [6.07, 6.45) is 3.84. The fourth-order valence-electron chi connectivity index (χ4n) is 4.37. The standard InChI is InChI=1S/C20H26N4O3/c21-19(25)15(14-2-3-14)10-13-11-16-18-17(12-13)27-7-1-4-24(18)20(22-16)23-5-8-26-9-6-23/h11-12,14-15H,1-10H2,(H2,21,25)/t15-/m0/s1. The highest BCUT2D eigenvalue weighted by Gasteiger charge is 2.35. The first kappa shape index (κ1) is 16.9. The Kier molecular flexibility index (Phi) is 4.19. The molecule has 2 fully saturated rings. The van der Waals surface area contributed by atoms with Crippen LogP contribution in [0, 0.1) is 11.8 Å². The molecule has 7 heteroatoms. The van der Waals surface area contributed by atoms with E-state index in [9.17, 15) is 4.79 Å². The van der Waals surface area contributed by atoms with Gasteiger partial charge >= 0.3 is 0 Å². The van der Waals surface area contributed by atoms with E-state index in [1.54, 1.807) is 0 Å². The Bertz CT molecular complexity index is 868. The van der Waals surface area contributed by atoms with Crippen LogP contribution in [0.2, 0.25) is 0 Å². The van der Waals surface area contributed by atoms with Crippen LogP contribution in [0.5, 0.6) is 5.75 Å². The van der Waals surface area contributed by atoms with E-state index in [2.05, 4.69) is 21.6 Å². The van der Waals surface area contributed by atoms with E-state index < -0.39 is 0 Å². The molecule has 0 unspecified atom stereocenters. The summed E-state index contributed by atoms with van der Waals surface area (Å²) in [5, 5.41) is 0. The molecule has 0 spiro atoms. The molecule has 1 aliphatic carbocycles. The van der Waals surface area contributed by atoms with Crippen LogP contribution >= 0.6 is 0 Å². The molecule has 1 aromatic carbocycles. The molecule has 5 rings (SSSR count). The zero-order chi connectivity index (χ0) is 18.4. The van der Waals surface area contributed by atoms with Crippen molar-refractivity contribution in [2.75, 3.05) is 37.8 Å². The number of nitrogens with zero attached hydrogens (tertiary/aromatic N) is 3. The van der Waals surface area contributed by atoms with E-state index in [0.29, 0.717) is 18.9 Å². The normalized spacial score (nSPS) is 21.0. The van der Waals surface area contributed by atoms with E-state index in [1.807, 2.05) is 0 Å². The molecule has 2 aromatic rings. The van der Waals surface area contributed by atoms with E-state index in [4.69, 9.17) is 20.2 Å². The third-order valence-electron chi connectivity index (χ3n) is 5.94. The average Bonchev–Trinajstić information content (AvgIpc) is 3.47. The maximum atomic E-state index is 11.9. The summed E-state index contributed by atoms with van der Waals surface area (Å²) < 4.78 is 13.8. The van der Waals surface area contributed by atoms with Crippen LogP contribution in [0.25, 0.3) is 11.0 Å². The van der Waals surface area contributed by atoms with Gasteiger partial charge in [0.1, 0.15) is 11.3 Å². The third kappa shape index (κ3) is 3.14. The average molecular weight is 370 g/mol. The monoisotopic (exact) mass is 370 g/mol. The number of hydrogen-bond donors (Lipinski definition) is 1. The minimum Gasteiger partial charge on any atom is -0.491 e. The number of imidazole rings is 1. The van der Waals surface area contributed by atoms with Crippen LogP contribution in [-0.2, 0) is 22.5 Å². The molecule has 2 aliphatic heterocycles. The van der Waals surface area contributed by atoms with Crippen molar-refractivity contribution < 1.29 is 14.3 Å². The Morgan fingerprint density at radius 1 is 1.22 bits per heavy atom. The molecule has 3 heterocycles.